The molecule has 18 heavy (non-hydrogen) atoms. The molecule has 1 fully saturated rings. The maximum atomic E-state index is 10.0. The SMILES string of the molecule is CC1CC[NH+](Cc2cc3c(cc2O)OCO3)CC1. The molecule has 0 unspecified atom stereocenters. The number of likely N-dealkylation sites (tertiary alicyclic amines) is 1. The van der Waals surface area contributed by atoms with Crippen LogP contribution in [0.5, 0.6) is 17.2 Å². The van der Waals surface area contributed by atoms with Gasteiger partial charge in [0, 0.05) is 6.07 Å². The van der Waals surface area contributed by atoms with Crippen LogP contribution >= 0.6 is 0 Å². The number of fused-ring (bicyclic) bond motifs is 1. The highest BCUT2D eigenvalue weighted by Crippen LogP contribution is 2.37. The summed E-state index contributed by atoms with van der Waals surface area (Å²) in [4.78, 5) is 1.54. The number of aromatic hydroxyl groups is 1. The molecule has 4 nitrogen and oxygen atoms in total. The Balaban J connectivity index is 1.73. The van der Waals surface area contributed by atoms with Crippen molar-refractivity contribution in [3.63, 3.8) is 0 Å². The normalized spacial score (nSPS) is 26.3. The van der Waals surface area contributed by atoms with Gasteiger partial charge in [-0.05, 0) is 24.8 Å². The molecule has 0 atom stereocenters. The van der Waals surface area contributed by atoms with E-state index in [0.29, 0.717) is 11.5 Å². The monoisotopic (exact) mass is 250 g/mol. The number of benzene rings is 1. The number of rotatable bonds is 2. The van der Waals surface area contributed by atoms with Crippen molar-refractivity contribution in [2.75, 3.05) is 19.9 Å². The molecule has 2 heterocycles. The predicted octanol–water partition coefficient (Wildman–Crippen LogP) is 0.936. The number of nitrogens with one attached hydrogen (secondary N) is 1. The van der Waals surface area contributed by atoms with Gasteiger partial charge < -0.3 is 19.5 Å². The van der Waals surface area contributed by atoms with E-state index in [2.05, 4.69) is 6.92 Å². The van der Waals surface area contributed by atoms with Gasteiger partial charge >= 0.3 is 0 Å². The van der Waals surface area contributed by atoms with Gasteiger partial charge in [0.2, 0.25) is 6.79 Å². The zero-order valence-electron chi connectivity index (χ0n) is 10.7. The lowest BCUT2D eigenvalue weighted by atomic mass is 9.99. The van der Waals surface area contributed by atoms with E-state index in [4.69, 9.17) is 9.47 Å². The second kappa shape index (κ2) is 4.69. The molecule has 0 aliphatic carbocycles. The maximum Gasteiger partial charge on any atom is 0.231 e. The summed E-state index contributed by atoms with van der Waals surface area (Å²) in [6, 6.07) is 3.59. The van der Waals surface area contributed by atoms with Gasteiger partial charge in [0.15, 0.2) is 11.5 Å². The molecule has 1 aromatic rings. The van der Waals surface area contributed by atoms with Crippen molar-refractivity contribution in [2.45, 2.75) is 26.3 Å². The summed E-state index contributed by atoms with van der Waals surface area (Å²) in [6.45, 7) is 5.82. The highest BCUT2D eigenvalue weighted by Gasteiger charge is 2.22. The maximum absolute atomic E-state index is 10.0. The molecule has 0 radical (unpaired) electrons. The lowest BCUT2D eigenvalue weighted by Crippen LogP contribution is -3.11. The van der Waals surface area contributed by atoms with Gasteiger partial charge in [-0.25, -0.2) is 0 Å². The topological polar surface area (TPSA) is 43.1 Å². The Morgan fingerprint density at radius 2 is 1.89 bits per heavy atom. The largest absolute Gasteiger partial charge is 0.507 e. The Labute approximate surface area is 107 Å². The number of ether oxygens (including phenoxy) is 2. The third kappa shape index (κ3) is 2.25. The molecule has 1 aromatic carbocycles. The molecule has 0 aromatic heterocycles. The lowest BCUT2D eigenvalue weighted by molar-refractivity contribution is -0.919. The van der Waals surface area contributed by atoms with E-state index in [0.717, 1.165) is 23.8 Å². The molecular formula is C14H20NO3+. The van der Waals surface area contributed by atoms with E-state index < -0.39 is 0 Å². The van der Waals surface area contributed by atoms with Gasteiger partial charge in [-0.15, -0.1) is 0 Å². The molecule has 0 spiro atoms. The molecule has 2 N–H and O–H groups in total. The van der Waals surface area contributed by atoms with Crippen LogP contribution in [0.1, 0.15) is 25.3 Å². The number of phenols is 1. The number of hydrogen-bond donors (Lipinski definition) is 2. The smallest absolute Gasteiger partial charge is 0.231 e. The first-order chi connectivity index (χ1) is 8.72. The Bertz CT molecular complexity index is 439. The van der Waals surface area contributed by atoms with E-state index in [1.54, 1.807) is 11.0 Å². The molecule has 0 amide bonds. The van der Waals surface area contributed by atoms with Gasteiger partial charge in [-0.2, -0.15) is 0 Å². The van der Waals surface area contributed by atoms with Crippen LogP contribution in [0.25, 0.3) is 0 Å². The Kier molecular flexibility index (Phi) is 3.04. The van der Waals surface area contributed by atoms with Crippen molar-refractivity contribution < 1.29 is 19.5 Å². The standard InChI is InChI=1S/C14H19NO3/c1-10-2-4-15(5-3-10)8-11-6-13-14(7-12(11)16)18-9-17-13/h6-7,10,16H,2-5,8-9H2,1H3/p+1. The molecule has 98 valence electrons. The molecule has 4 heteroatoms. The molecule has 3 rings (SSSR count). The molecule has 0 bridgehead atoms. The van der Waals surface area contributed by atoms with Gasteiger partial charge in [0.25, 0.3) is 0 Å². The molecular weight excluding hydrogens is 230 g/mol. The highest BCUT2D eigenvalue weighted by molar-refractivity contribution is 5.50. The van der Waals surface area contributed by atoms with E-state index in [-0.39, 0.29) is 6.79 Å². The molecule has 0 saturated carbocycles. The van der Waals surface area contributed by atoms with Crippen molar-refractivity contribution in [1.82, 2.24) is 0 Å². The van der Waals surface area contributed by atoms with Crippen molar-refractivity contribution in [3.8, 4) is 17.2 Å². The summed E-state index contributed by atoms with van der Waals surface area (Å²) in [5.41, 5.74) is 0.962. The summed E-state index contributed by atoms with van der Waals surface area (Å²) in [5, 5.41) is 10.0. The Hall–Kier alpha value is -1.42. The summed E-state index contributed by atoms with van der Waals surface area (Å²) < 4.78 is 10.6. The third-order valence-corrected chi connectivity index (χ3v) is 4.00. The second-order valence-corrected chi connectivity index (χ2v) is 5.44. The highest BCUT2D eigenvalue weighted by atomic mass is 16.7. The van der Waals surface area contributed by atoms with Crippen LogP contribution < -0.4 is 14.4 Å². The van der Waals surface area contributed by atoms with Crippen LogP contribution in [-0.2, 0) is 6.54 Å². The zero-order chi connectivity index (χ0) is 12.5. The van der Waals surface area contributed by atoms with Gasteiger partial charge in [0.05, 0.1) is 18.7 Å². The predicted molar refractivity (Wildman–Crippen MR) is 67.0 cm³/mol. The summed E-state index contributed by atoms with van der Waals surface area (Å²) in [6.07, 6.45) is 2.56. The van der Waals surface area contributed by atoms with E-state index in [1.165, 1.54) is 25.9 Å². The zero-order valence-corrected chi connectivity index (χ0v) is 10.7. The van der Waals surface area contributed by atoms with Crippen LogP contribution in [0.15, 0.2) is 12.1 Å². The van der Waals surface area contributed by atoms with Crippen molar-refractivity contribution >= 4 is 0 Å². The number of piperidine rings is 1. The van der Waals surface area contributed by atoms with Crippen LogP contribution in [0, 0.1) is 5.92 Å². The van der Waals surface area contributed by atoms with Gasteiger partial charge in [0.1, 0.15) is 12.3 Å². The summed E-state index contributed by atoms with van der Waals surface area (Å²) in [7, 11) is 0. The number of quaternary nitrogens is 1. The second-order valence-electron chi connectivity index (χ2n) is 5.44. The first-order valence-corrected chi connectivity index (χ1v) is 6.67. The Morgan fingerprint density at radius 1 is 1.22 bits per heavy atom. The number of hydrogen-bond acceptors (Lipinski definition) is 3. The van der Waals surface area contributed by atoms with Gasteiger partial charge in [-0.3, -0.25) is 0 Å². The quantitative estimate of drug-likeness (QED) is 0.821. The average molecular weight is 250 g/mol. The fourth-order valence-corrected chi connectivity index (χ4v) is 2.73. The Morgan fingerprint density at radius 3 is 2.61 bits per heavy atom. The minimum Gasteiger partial charge on any atom is -0.507 e. The van der Waals surface area contributed by atoms with Crippen molar-refractivity contribution in [3.05, 3.63) is 17.7 Å². The summed E-state index contributed by atoms with van der Waals surface area (Å²) in [5.74, 6) is 2.58. The lowest BCUT2D eigenvalue weighted by Gasteiger charge is -2.27. The molecule has 1 saturated heterocycles. The van der Waals surface area contributed by atoms with E-state index in [9.17, 15) is 5.11 Å². The van der Waals surface area contributed by atoms with Crippen LogP contribution in [0.3, 0.4) is 0 Å². The average Bonchev–Trinajstić information content (AvgIpc) is 2.79. The van der Waals surface area contributed by atoms with Crippen LogP contribution in [0.4, 0.5) is 0 Å². The fourth-order valence-electron chi connectivity index (χ4n) is 2.73. The van der Waals surface area contributed by atoms with Crippen molar-refractivity contribution in [2.24, 2.45) is 5.92 Å². The van der Waals surface area contributed by atoms with Crippen LogP contribution in [-0.4, -0.2) is 25.0 Å². The first kappa shape index (κ1) is 11.7. The number of phenolic OH excluding ortho intramolecular Hbond substituents is 1. The molecule has 2 aliphatic rings. The van der Waals surface area contributed by atoms with Crippen LogP contribution in [0.2, 0.25) is 0 Å². The minimum absolute atomic E-state index is 0.256. The fraction of sp³-hybridized carbons (Fsp3) is 0.571. The third-order valence-electron chi connectivity index (χ3n) is 4.00. The van der Waals surface area contributed by atoms with Gasteiger partial charge in [-0.1, -0.05) is 6.92 Å². The molecule has 2 aliphatic heterocycles. The van der Waals surface area contributed by atoms with E-state index in [1.807, 2.05) is 6.07 Å². The van der Waals surface area contributed by atoms with E-state index >= 15 is 0 Å². The minimum atomic E-state index is 0.256. The summed E-state index contributed by atoms with van der Waals surface area (Å²) >= 11 is 0. The first-order valence-electron chi connectivity index (χ1n) is 6.67. The van der Waals surface area contributed by atoms with Crippen molar-refractivity contribution in [1.29, 1.82) is 0 Å².